The average Bonchev–Trinajstić information content (AvgIpc) is 2.32. The molecule has 0 spiro atoms. The first-order valence-corrected chi connectivity index (χ1v) is 6.82. The fourth-order valence-corrected chi connectivity index (χ4v) is 1.99. The molecule has 18 heavy (non-hydrogen) atoms. The van der Waals surface area contributed by atoms with Gasteiger partial charge in [0.25, 0.3) is 0 Å². The lowest BCUT2D eigenvalue weighted by atomic mass is 10.1. The molecule has 0 atom stereocenters. The monoisotopic (exact) mass is 252 g/mol. The zero-order valence-corrected chi connectivity index (χ0v) is 11.7. The largest absolute Gasteiger partial charge is 0.396 e. The minimum absolute atomic E-state index is 0.223. The summed E-state index contributed by atoms with van der Waals surface area (Å²) in [5, 5.41) is 0. The zero-order valence-electron chi connectivity index (χ0n) is 11.7. The normalized spacial score (nSPS) is 11.4. The molecule has 0 saturated carbocycles. The molecule has 0 amide bonds. The molecule has 2 N–H and O–H groups in total. The summed E-state index contributed by atoms with van der Waals surface area (Å²) in [5.41, 5.74) is 6.70. The lowest BCUT2D eigenvalue weighted by molar-refractivity contribution is 0.208. The second kappa shape index (κ2) is 7.37. The number of anilines is 1. The Morgan fingerprint density at radius 2 is 2.00 bits per heavy atom. The number of hydrogen-bond acceptors (Lipinski definition) is 2. The topological polar surface area (TPSA) is 29.3 Å². The SMILES string of the molecule is CCCCCN(Cc1ccc(N)c(F)c1)C(C)C. The molecule has 0 bridgehead atoms. The fraction of sp³-hybridized carbons (Fsp3) is 0.600. The number of rotatable bonds is 7. The Kier molecular flexibility index (Phi) is 6.13. The molecule has 1 rings (SSSR count). The lowest BCUT2D eigenvalue weighted by Crippen LogP contribution is -2.31. The minimum Gasteiger partial charge on any atom is -0.396 e. The zero-order chi connectivity index (χ0) is 13.5. The van der Waals surface area contributed by atoms with Gasteiger partial charge in [0.15, 0.2) is 0 Å². The molecular formula is C15H25FN2. The fourth-order valence-electron chi connectivity index (χ4n) is 1.99. The van der Waals surface area contributed by atoms with E-state index in [9.17, 15) is 4.39 Å². The quantitative estimate of drug-likeness (QED) is 0.590. The predicted octanol–water partition coefficient (Wildman–Crippen LogP) is 3.81. The summed E-state index contributed by atoms with van der Waals surface area (Å²) in [4.78, 5) is 2.38. The van der Waals surface area contributed by atoms with Crippen LogP contribution in [0.25, 0.3) is 0 Å². The van der Waals surface area contributed by atoms with Crippen LogP contribution in [0.3, 0.4) is 0 Å². The lowest BCUT2D eigenvalue weighted by Gasteiger charge is -2.26. The second-order valence-electron chi connectivity index (χ2n) is 5.13. The van der Waals surface area contributed by atoms with E-state index in [1.165, 1.54) is 19.3 Å². The van der Waals surface area contributed by atoms with Crippen LogP contribution in [0.1, 0.15) is 45.6 Å². The maximum absolute atomic E-state index is 13.4. The van der Waals surface area contributed by atoms with Crippen LogP contribution in [0.5, 0.6) is 0 Å². The van der Waals surface area contributed by atoms with Crippen molar-refractivity contribution in [2.24, 2.45) is 0 Å². The van der Waals surface area contributed by atoms with Crippen LogP contribution in [0.15, 0.2) is 18.2 Å². The average molecular weight is 252 g/mol. The van der Waals surface area contributed by atoms with Gasteiger partial charge in [-0.2, -0.15) is 0 Å². The number of nitrogens with zero attached hydrogens (tertiary/aromatic N) is 1. The third kappa shape index (κ3) is 4.65. The van der Waals surface area contributed by atoms with Gasteiger partial charge in [0.05, 0.1) is 5.69 Å². The highest BCUT2D eigenvalue weighted by Crippen LogP contribution is 2.15. The molecule has 2 nitrogen and oxygen atoms in total. The molecule has 0 aliphatic heterocycles. The van der Waals surface area contributed by atoms with Gasteiger partial charge >= 0.3 is 0 Å². The molecule has 0 unspecified atom stereocenters. The van der Waals surface area contributed by atoms with Gasteiger partial charge in [0.1, 0.15) is 5.82 Å². The van der Waals surface area contributed by atoms with Crippen molar-refractivity contribution >= 4 is 5.69 Å². The first-order chi connectivity index (χ1) is 8.54. The third-order valence-electron chi connectivity index (χ3n) is 3.23. The molecule has 102 valence electrons. The van der Waals surface area contributed by atoms with E-state index in [1.54, 1.807) is 12.1 Å². The summed E-state index contributed by atoms with van der Waals surface area (Å²) >= 11 is 0. The van der Waals surface area contributed by atoms with Gasteiger partial charge in [-0.1, -0.05) is 25.8 Å². The van der Waals surface area contributed by atoms with Crippen LogP contribution in [0.4, 0.5) is 10.1 Å². The predicted molar refractivity (Wildman–Crippen MR) is 75.9 cm³/mol. The number of nitrogens with two attached hydrogens (primary N) is 1. The van der Waals surface area contributed by atoms with E-state index in [0.717, 1.165) is 18.7 Å². The van der Waals surface area contributed by atoms with Crippen molar-refractivity contribution in [3.8, 4) is 0 Å². The molecule has 0 aliphatic rings. The Morgan fingerprint density at radius 1 is 1.28 bits per heavy atom. The van der Waals surface area contributed by atoms with Crippen molar-refractivity contribution in [2.45, 2.75) is 52.6 Å². The van der Waals surface area contributed by atoms with Crippen molar-refractivity contribution < 1.29 is 4.39 Å². The van der Waals surface area contributed by atoms with E-state index < -0.39 is 0 Å². The summed E-state index contributed by atoms with van der Waals surface area (Å²) in [6.45, 7) is 8.42. The first-order valence-electron chi connectivity index (χ1n) is 6.82. The number of benzene rings is 1. The Morgan fingerprint density at radius 3 is 2.56 bits per heavy atom. The Hall–Kier alpha value is -1.09. The van der Waals surface area contributed by atoms with E-state index in [4.69, 9.17) is 5.73 Å². The van der Waals surface area contributed by atoms with Gasteiger partial charge in [0, 0.05) is 12.6 Å². The molecule has 0 fully saturated rings. The van der Waals surface area contributed by atoms with E-state index in [-0.39, 0.29) is 11.5 Å². The van der Waals surface area contributed by atoms with Gasteiger partial charge in [-0.3, -0.25) is 4.90 Å². The number of hydrogen-bond donors (Lipinski definition) is 1. The molecule has 0 aromatic heterocycles. The van der Waals surface area contributed by atoms with E-state index in [2.05, 4.69) is 25.7 Å². The van der Waals surface area contributed by atoms with Crippen molar-refractivity contribution in [1.29, 1.82) is 0 Å². The highest BCUT2D eigenvalue weighted by Gasteiger charge is 2.10. The summed E-state index contributed by atoms with van der Waals surface area (Å²) in [6.07, 6.45) is 3.67. The van der Waals surface area contributed by atoms with Crippen LogP contribution in [0.2, 0.25) is 0 Å². The first kappa shape index (κ1) is 15.0. The summed E-state index contributed by atoms with van der Waals surface area (Å²) in [7, 11) is 0. The maximum Gasteiger partial charge on any atom is 0.146 e. The molecule has 1 aromatic rings. The Labute approximate surface area is 110 Å². The van der Waals surface area contributed by atoms with Gasteiger partial charge in [-0.25, -0.2) is 4.39 Å². The highest BCUT2D eigenvalue weighted by atomic mass is 19.1. The third-order valence-corrected chi connectivity index (χ3v) is 3.23. The van der Waals surface area contributed by atoms with Gasteiger partial charge in [-0.05, 0) is 44.5 Å². The van der Waals surface area contributed by atoms with Gasteiger partial charge < -0.3 is 5.73 Å². The highest BCUT2D eigenvalue weighted by molar-refractivity contribution is 5.41. The van der Waals surface area contributed by atoms with Gasteiger partial charge in [0.2, 0.25) is 0 Å². The molecule has 3 heteroatoms. The van der Waals surface area contributed by atoms with Crippen molar-refractivity contribution in [3.63, 3.8) is 0 Å². The van der Waals surface area contributed by atoms with Crippen LogP contribution in [-0.4, -0.2) is 17.5 Å². The van der Waals surface area contributed by atoms with Crippen molar-refractivity contribution in [1.82, 2.24) is 4.90 Å². The van der Waals surface area contributed by atoms with E-state index in [0.29, 0.717) is 6.04 Å². The van der Waals surface area contributed by atoms with Crippen LogP contribution < -0.4 is 5.73 Å². The standard InChI is InChI=1S/C15H25FN2/c1-4-5-6-9-18(12(2)3)11-13-7-8-15(17)14(16)10-13/h7-8,10,12H,4-6,9,11,17H2,1-3H3. The summed E-state index contributed by atoms with van der Waals surface area (Å²) < 4.78 is 13.4. The molecule has 0 radical (unpaired) electrons. The number of nitrogen functional groups attached to an aromatic ring is 1. The van der Waals surface area contributed by atoms with Crippen LogP contribution in [0, 0.1) is 5.82 Å². The number of halogens is 1. The summed E-state index contributed by atoms with van der Waals surface area (Å²) in [6, 6.07) is 5.58. The maximum atomic E-state index is 13.4. The van der Waals surface area contributed by atoms with Crippen LogP contribution >= 0.6 is 0 Å². The second-order valence-corrected chi connectivity index (χ2v) is 5.13. The number of unbranched alkanes of at least 4 members (excludes halogenated alkanes) is 2. The molecule has 0 aliphatic carbocycles. The summed E-state index contributed by atoms with van der Waals surface area (Å²) in [5.74, 6) is -0.315. The van der Waals surface area contributed by atoms with Gasteiger partial charge in [-0.15, -0.1) is 0 Å². The minimum atomic E-state index is -0.315. The molecule has 0 saturated heterocycles. The van der Waals surface area contributed by atoms with E-state index in [1.807, 2.05) is 6.07 Å². The Bertz CT molecular complexity index is 364. The van der Waals surface area contributed by atoms with Crippen molar-refractivity contribution in [2.75, 3.05) is 12.3 Å². The van der Waals surface area contributed by atoms with Crippen LogP contribution in [-0.2, 0) is 6.54 Å². The Balaban J connectivity index is 2.61. The molecular weight excluding hydrogens is 227 g/mol. The smallest absolute Gasteiger partial charge is 0.146 e. The molecule has 1 aromatic carbocycles. The van der Waals surface area contributed by atoms with Crippen molar-refractivity contribution in [3.05, 3.63) is 29.6 Å². The van der Waals surface area contributed by atoms with E-state index >= 15 is 0 Å². The molecule has 0 heterocycles.